The van der Waals surface area contributed by atoms with Gasteiger partial charge in [0.05, 0.1) is 12.6 Å². The van der Waals surface area contributed by atoms with E-state index < -0.39 is 0 Å². The molecule has 2 rings (SSSR count). The van der Waals surface area contributed by atoms with Crippen molar-refractivity contribution in [2.45, 2.75) is 25.4 Å². The van der Waals surface area contributed by atoms with Crippen LogP contribution in [0.25, 0.3) is 0 Å². The van der Waals surface area contributed by atoms with Crippen molar-refractivity contribution in [1.29, 1.82) is 0 Å². The average molecular weight is 294 g/mol. The van der Waals surface area contributed by atoms with Gasteiger partial charge < -0.3 is 15.0 Å². The minimum absolute atomic E-state index is 0.0312. The molecule has 5 nitrogen and oxygen atoms in total. The second-order valence-corrected chi connectivity index (χ2v) is 5.12. The van der Waals surface area contributed by atoms with Crippen LogP contribution in [0.4, 0.5) is 4.39 Å². The minimum atomic E-state index is -0.316. The third-order valence-electron chi connectivity index (χ3n) is 3.38. The Balaban J connectivity index is 1.86. The summed E-state index contributed by atoms with van der Waals surface area (Å²) >= 11 is 0. The maximum atomic E-state index is 13.1. The van der Waals surface area contributed by atoms with Crippen molar-refractivity contribution in [1.82, 2.24) is 10.2 Å². The van der Waals surface area contributed by atoms with Crippen LogP contribution in [0, 0.1) is 5.82 Å². The lowest BCUT2D eigenvalue weighted by Gasteiger charge is -2.17. The van der Waals surface area contributed by atoms with Crippen LogP contribution in [-0.2, 0) is 20.9 Å². The Morgan fingerprint density at radius 3 is 3.05 bits per heavy atom. The zero-order chi connectivity index (χ0) is 15.2. The number of halogens is 1. The van der Waals surface area contributed by atoms with Crippen molar-refractivity contribution in [3.63, 3.8) is 0 Å². The fraction of sp³-hybridized carbons (Fsp3) is 0.467. The summed E-state index contributed by atoms with van der Waals surface area (Å²) in [6.07, 6.45) is 0.569. The molecular formula is C15H19FN2O3. The van der Waals surface area contributed by atoms with E-state index in [2.05, 4.69) is 5.32 Å². The topological polar surface area (TPSA) is 58.6 Å². The summed E-state index contributed by atoms with van der Waals surface area (Å²) in [5, 5.41) is 2.82. The van der Waals surface area contributed by atoms with E-state index in [9.17, 15) is 14.0 Å². The van der Waals surface area contributed by atoms with Gasteiger partial charge in [0.15, 0.2) is 0 Å². The highest BCUT2D eigenvalue weighted by Crippen LogP contribution is 2.15. The molecule has 0 saturated carbocycles. The number of carbonyl (C=O) groups excluding carboxylic acids is 2. The standard InChI is InChI=1S/C15H19FN2O3/c1-21-6-5-14(19)17-13-8-15(20)18(10-13)9-11-3-2-4-12(16)7-11/h2-4,7,13H,5-6,8-10H2,1H3,(H,17,19)/t13-/m1/s1. The van der Waals surface area contributed by atoms with E-state index in [0.717, 1.165) is 5.56 Å². The SMILES string of the molecule is COCCC(=O)N[C@@H]1CC(=O)N(Cc2cccc(F)c2)C1. The Morgan fingerprint density at radius 2 is 2.33 bits per heavy atom. The molecular weight excluding hydrogens is 275 g/mol. The number of ether oxygens (including phenoxy) is 1. The van der Waals surface area contributed by atoms with Gasteiger partial charge in [-0.3, -0.25) is 9.59 Å². The molecule has 1 saturated heterocycles. The first-order valence-electron chi connectivity index (χ1n) is 6.89. The number of nitrogens with zero attached hydrogens (tertiary/aromatic N) is 1. The highest BCUT2D eigenvalue weighted by Gasteiger charge is 2.30. The zero-order valence-electron chi connectivity index (χ0n) is 12.0. The minimum Gasteiger partial charge on any atom is -0.384 e. The van der Waals surface area contributed by atoms with Crippen LogP contribution in [0.1, 0.15) is 18.4 Å². The molecule has 1 N–H and O–H groups in total. The number of hydrogen-bond acceptors (Lipinski definition) is 3. The summed E-state index contributed by atoms with van der Waals surface area (Å²) in [5.41, 5.74) is 0.745. The molecule has 1 aromatic rings. The number of rotatable bonds is 6. The van der Waals surface area contributed by atoms with Gasteiger partial charge in [-0.15, -0.1) is 0 Å². The first-order valence-corrected chi connectivity index (χ1v) is 6.89. The van der Waals surface area contributed by atoms with Crippen LogP contribution in [0.15, 0.2) is 24.3 Å². The smallest absolute Gasteiger partial charge is 0.225 e. The Bertz CT molecular complexity index is 521. The van der Waals surface area contributed by atoms with E-state index >= 15 is 0 Å². The van der Waals surface area contributed by atoms with Crippen LogP contribution in [0.5, 0.6) is 0 Å². The molecule has 1 aromatic carbocycles. The van der Waals surface area contributed by atoms with Crippen LogP contribution in [0.3, 0.4) is 0 Å². The van der Waals surface area contributed by atoms with Crippen molar-refractivity contribution < 1.29 is 18.7 Å². The van der Waals surface area contributed by atoms with E-state index in [1.165, 1.54) is 19.2 Å². The van der Waals surface area contributed by atoms with Gasteiger partial charge in [0, 0.05) is 33.0 Å². The number of carbonyl (C=O) groups is 2. The highest BCUT2D eigenvalue weighted by molar-refractivity contribution is 5.82. The monoisotopic (exact) mass is 294 g/mol. The summed E-state index contributed by atoms with van der Waals surface area (Å²) in [4.78, 5) is 25.2. The van der Waals surface area contributed by atoms with Gasteiger partial charge in [-0.25, -0.2) is 4.39 Å². The predicted molar refractivity (Wildman–Crippen MR) is 74.9 cm³/mol. The first kappa shape index (κ1) is 15.4. The molecule has 21 heavy (non-hydrogen) atoms. The Kier molecular flexibility index (Phi) is 5.27. The van der Waals surface area contributed by atoms with Gasteiger partial charge in [-0.05, 0) is 17.7 Å². The molecule has 0 bridgehead atoms. The molecule has 0 radical (unpaired) electrons. The molecule has 0 aromatic heterocycles. The van der Waals surface area contributed by atoms with Crippen molar-refractivity contribution in [2.24, 2.45) is 0 Å². The van der Waals surface area contributed by atoms with Crippen molar-refractivity contribution in [3.8, 4) is 0 Å². The summed E-state index contributed by atoms with van der Waals surface area (Å²) in [6, 6.07) is 6.00. The molecule has 0 aliphatic carbocycles. The molecule has 1 heterocycles. The lowest BCUT2D eigenvalue weighted by atomic mass is 10.2. The molecule has 1 atom stereocenters. The van der Waals surface area contributed by atoms with E-state index in [1.54, 1.807) is 17.0 Å². The Morgan fingerprint density at radius 1 is 1.52 bits per heavy atom. The largest absolute Gasteiger partial charge is 0.384 e. The fourth-order valence-electron chi connectivity index (χ4n) is 2.37. The van der Waals surface area contributed by atoms with Crippen molar-refractivity contribution >= 4 is 11.8 Å². The second kappa shape index (κ2) is 7.17. The van der Waals surface area contributed by atoms with Crippen molar-refractivity contribution in [3.05, 3.63) is 35.6 Å². The number of nitrogens with one attached hydrogen (secondary N) is 1. The van der Waals surface area contributed by atoms with Gasteiger partial charge >= 0.3 is 0 Å². The third-order valence-corrected chi connectivity index (χ3v) is 3.38. The lowest BCUT2D eigenvalue weighted by Crippen LogP contribution is -2.37. The average Bonchev–Trinajstić information content (AvgIpc) is 2.76. The van der Waals surface area contributed by atoms with E-state index in [4.69, 9.17) is 4.74 Å². The molecule has 1 fully saturated rings. The molecule has 1 aliphatic heterocycles. The summed E-state index contributed by atoms with van der Waals surface area (Å²) in [6.45, 7) is 1.18. The van der Waals surface area contributed by atoms with Gasteiger partial charge in [0.1, 0.15) is 5.82 Å². The highest BCUT2D eigenvalue weighted by atomic mass is 19.1. The quantitative estimate of drug-likeness (QED) is 0.854. The summed E-state index contributed by atoms with van der Waals surface area (Å²) < 4.78 is 18.0. The van der Waals surface area contributed by atoms with Gasteiger partial charge in [-0.1, -0.05) is 12.1 Å². The fourth-order valence-corrected chi connectivity index (χ4v) is 2.37. The van der Waals surface area contributed by atoms with Gasteiger partial charge in [0.2, 0.25) is 11.8 Å². The van der Waals surface area contributed by atoms with Crippen molar-refractivity contribution in [2.75, 3.05) is 20.3 Å². The number of methoxy groups -OCH3 is 1. The lowest BCUT2D eigenvalue weighted by molar-refractivity contribution is -0.128. The Hall–Kier alpha value is -1.95. The van der Waals surface area contributed by atoms with E-state index in [-0.39, 0.29) is 36.5 Å². The van der Waals surface area contributed by atoms with Crippen LogP contribution >= 0.6 is 0 Å². The molecule has 114 valence electrons. The number of amides is 2. The molecule has 0 unspecified atom stereocenters. The molecule has 0 spiro atoms. The maximum absolute atomic E-state index is 13.1. The van der Waals surface area contributed by atoms with Crippen LogP contribution in [-0.4, -0.2) is 43.0 Å². The summed E-state index contributed by atoms with van der Waals surface area (Å²) in [5.74, 6) is -0.470. The van der Waals surface area contributed by atoms with Crippen LogP contribution in [0.2, 0.25) is 0 Å². The van der Waals surface area contributed by atoms with Gasteiger partial charge in [-0.2, -0.15) is 0 Å². The zero-order valence-corrected chi connectivity index (χ0v) is 12.0. The van der Waals surface area contributed by atoms with E-state index in [1.807, 2.05) is 0 Å². The number of likely N-dealkylation sites (tertiary alicyclic amines) is 1. The first-order chi connectivity index (χ1) is 10.1. The summed E-state index contributed by atoms with van der Waals surface area (Å²) in [7, 11) is 1.53. The van der Waals surface area contributed by atoms with Gasteiger partial charge in [0.25, 0.3) is 0 Å². The molecule has 2 amide bonds. The normalized spacial score (nSPS) is 18.1. The number of benzene rings is 1. The van der Waals surface area contributed by atoms with Crippen LogP contribution < -0.4 is 5.32 Å². The Labute approximate surface area is 123 Å². The number of hydrogen-bond donors (Lipinski definition) is 1. The predicted octanol–water partition coefficient (Wildman–Crippen LogP) is 1.08. The molecule has 1 aliphatic rings. The van der Waals surface area contributed by atoms with E-state index in [0.29, 0.717) is 19.7 Å². The second-order valence-electron chi connectivity index (χ2n) is 5.12. The maximum Gasteiger partial charge on any atom is 0.225 e. The molecule has 6 heteroatoms. The third kappa shape index (κ3) is 4.53.